The second kappa shape index (κ2) is 7.38. The Morgan fingerprint density at radius 1 is 1.40 bits per heavy atom. The Balaban J connectivity index is 1.64. The monoisotopic (exact) mass is 440 g/mol. The maximum absolute atomic E-state index is 14.1. The van der Waals surface area contributed by atoms with Gasteiger partial charge in [0.15, 0.2) is 5.82 Å². The van der Waals surface area contributed by atoms with E-state index >= 15 is 0 Å². The minimum absolute atomic E-state index is 0.0374. The zero-order valence-electron chi connectivity index (χ0n) is 16.6. The molecule has 8 nitrogen and oxygen atoms in total. The lowest BCUT2D eigenvalue weighted by Gasteiger charge is -2.25. The number of sulfonamides is 1. The normalized spacial score (nSPS) is 26.2. The zero-order valence-corrected chi connectivity index (χ0v) is 17.4. The van der Waals surface area contributed by atoms with Gasteiger partial charge in [-0.1, -0.05) is 5.16 Å². The number of nitrogens with one attached hydrogen (secondary N) is 1. The van der Waals surface area contributed by atoms with Crippen LogP contribution in [-0.4, -0.2) is 54.2 Å². The molecule has 1 aliphatic heterocycles. The quantitative estimate of drug-likeness (QED) is 0.760. The van der Waals surface area contributed by atoms with Crippen LogP contribution in [0.5, 0.6) is 0 Å². The summed E-state index contributed by atoms with van der Waals surface area (Å²) in [5, 5.41) is 3.85. The minimum atomic E-state index is -3.41. The lowest BCUT2D eigenvalue weighted by atomic mass is 9.80. The molecule has 2 heterocycles. The summed E-state index contributed by atoms with van der Waals surface area (Å²) >= 11 is 0. The maximum atomic E-state index is 14.1. The molecule has 1 saturated heterocycles. The van der Waals surface area contributed by atoms with Crippen LogP contribution < -0.4 is 4.72 Å². The number of hydrogen-bond donors (Lipinski definition) is 1. The molecule has 1 aromatic carbocycles. The Labute approximate surface area is 172 Å². The van der Waals surface area contributed by atoms with Gasteiger partial charge >= 0.3 is 0 Å². The Hall–Kier alpha value is -2.40. The molecule has 0 spiro atoms. The van der Waals surface area contributed by atoms with Crippen molar-refractivity contribution in [3.63, 3.8) is 0 Å². The summed E-state index contributed by atoms with van der Waals surface area (Å²) in [7, 11) is -3.41. The largest absolute Gasteiger partial charge is 0.339 e. The van der Waals surface area contributed by atoms with Gasteiger partial charge in [0.25, 0.3) is 5.91 Å². The van der Waals surface area contributed by atoms with E-state index in [1.807, 2.05) is 0 Å². The van der Waals surface area contributed by atoms with Gasteiger partial charge in [0, 0.05) is 19.1 Å². The highest BCUT2D eigenvalue weighted by Gasteiger charge is 2.58. The Bertz CT molecular complexity index is 1090. The molecule has 4 rings (SSSR count). The van der Waals surface area contributed by atoms with Crippen molar-refractivity contribution in [3.05, 3.63) is 47.1 Å². The number of benzene rings is 1. The average molecular weight is 440 g/mol. The number of halogens is 2. The molecule has 3 atom stereocenters. The first-order valence-electron chi connectivity index (χ1n) is 9.68. The fourth-order valence-corrected chi connectivity index (χ4v) is 5.47. The number of nitrogens with zero attached hydrogens (tertiary/aromatic N) is 3. The average Bonchev–Trinajstić information content (AvgIpc) is 3.35. The van der Waals surface area contributed by atoms with Crippen molar-refractivity contribution in [2.45, 2.75) is 38.1 Å². The van der Waals surface area contributed by atoms with Crippen LogP contribution in [0, 0.1) is 24.5 Å². The first-order chi connectivity index (χ1) is 14.1. The molecule has 30 heavy (non-hydrogen) atoms. The van der Waals surface area contributed by atoms with Crippen molar-refractivity contribution in [2.24, 2.45) is 5.92 Å². The summed E-state index contributed by atoms with van der Waals surface area (Å²) in [5.74, 6) is -1.56. The second-order valence-electron chi connectivity index (χ2n) is 7.97. The summed E-state index contributed by atoms with van der Waals surface area (Å²) in [5.41, 5.74) is -1.09. The smallest absolute Gasteiger partial charge is 0.256 e. The Kier molecular flexibility index (Phi) is 5.13. The van der Waals surface area contributed by atoms with Crippen molar-refractivity contribution < 1.29 is 26.5 Å². The third-order valence-electron chi connectivity index (χ3n) is 6.00. The summed E-state index contributed by atoms with van der Waals surface area (Å²) < 4.78 is 59.9. The number of carbonyl (C=O) groups is 1. The molecule has 1 aliphatic carbocycles. The highest BCUT2D eigenvalue weighted by molar-refractivity contribution is 7.89. The van der Waals surface area contributed by atoms with E-state index in [-0.39, 0.29) is 36.4 Å². The van der Waals surface area contributed by atoms with E-state index in [0.717, 1.165) is 18.2 Å². The van der Waals surface area contributed by atoms with Gasteiger partial charge in [-0.2, -0.15) is 4.98 Å². The number of amides is 1. The molecule has 162 valence electrons. The number of fused-ring (bicyclic) bond motifs is 1. The van der Waals surface area contributed by atoms with Gasteiger partial charge in [-0.25, -0.2) is 21.9 Å². The second-order valence-corrected chi connectivity index (χ2v) is 10.0. The van der Waals surface area contributed by atoms with Crippen molar-refractivity contribution >= 4 is 15.9 Å². The molecule has 1 amide bonds. The molecule has 1 aromatic heterocycles. The van der Waals surface area contributed by atoms with Crippen LogP contribution in [-0.2, 0) is 15.4 Å². The highest BCUT2D eigenvalue weighted by Crippen LogP contribution is 2.50. The molecule has 0 unspecified atom stereocenters. The van der Waals surface area contributed by atoms with Crippen LogP contribution >= 0.6 is 0 Å². The van der Waals surface area contributed by atoms with Crippen molar-refractivity contribution in [3.8, 4) is 0 Å². The Morgan fingerprint density at radius 2 is 2.17 bits per heavy atom. The first-order valence-corrected chi connectivity index (χ1v) is 11.3. The Morgan fingerprint density at radius 3 is 2.83 bits per heavy atom. The van der Waals surface area contributed by atoms with Crippen molar-refractivity contribution in [2.75, 3.05) is 18.8 Å². The SMILES string of the molecule is CCS(=O)(=O)N[C@@H]1C[C@H]2CN(C(=O)c3cc(F)ccc3F)C[C@@]2(c2nc(C)no2)C1. The molecule has 1 N–H and O–H groups in total. The van der Waals surface area contributed by atoms with E-state index < -0.39 is 33.0 Å². The number of hydrogen-bond acceptors (Lipinski definition) is 6. The molecule has 1 saturated carbocycles. The zero-order chi connectivity index (χ0) is 21.7. The third kappa shape index (κ3) is 3.60. The topological polar surface area (TPSA) is 105 Å². The number of aromatic nitrogens is 2. The van der Waals surface area contributed by atoms with E-state index in [1.165, 1.54) is 4.90 Å². The number of aryl methyl sites for hydroxylation is 1. The van der Waals surface area contributed by atoms with Crippen LogP contribution in [0.25, 0.3) is 0 Å². The van der Waals surface area contributed by atoms with Crippen LogP contribution in [0.4, 0.5) is 8.78 Å². The lowest BCUT2D eigenvalue weighted by Crippen LogP contribution is -2.40. The molecule has 0 bridgehead atoms. The maximum Gasteiger partial charge on any atom is 0.256 e. The molecule has 2 aromatic rings. The van der Waals surface area contributed by atoms with Crippen molar-refractivity contribution in [1.82, 2.24) is 19.8 Å². The molecular formula is C19H22F2N4O4S. The van der Waals surface area contributed by atoms with E-state index in [9.17, 15) is 22.0 Å². The van der Waals surface area contributed by atoms with Crippen LogP contribution in [0.2, 0.25) is 0 Å². The summed E-state index contributed by atoms with van der Waals surface area (Å²) in [4.78, 5) is 18.7. The van der Waals surface area contributed by atoms with Crippen LogP contribution in [0.15, 0.2) is 22.7 Å². The fraction of sp³-hybridized carbons (Fsp3) is 0.526. The molecular weight excluding hydrogens is 418 g/mol. The van der Waals surface area contributed by atoms with Crippen LogP contribution in [0.1, 0.15) is 41.8 Å². The standard InChI is InChI=1S/C19H22F2N4O4S/c1-3-30(27,28)24-14-6-12-9-25(17(26)15-7-13(20)4-5-16(15)21)10-19(12,8-14)18-22-11(2)23-29-18/h4-5,7,12,14,24H,3,6,8-10H2,1-2H3/t12-,14+,19-/m0/s1. The highest BCUT2D eigenvalue weighted by atomic mass is 32.2. The summed E-state index contributed by atoms with van der Waals surface area (Å²) in [6.07, 6.45) is 0.837. The van der Waals surface area contributed by atoms with Gasteiger partial charge in [-0.05, 0) is 50.8 Å². The van der Waals surface area contributed by atoms with Crippen molar-refractivity contribution in [1.29, 1.82) is 0 Å². The summed E-state index contributed by atoms with van der Waals surface area (Å²) in [6.45, 7) is 3.63. The predicted octanol–water partition coefficient (Wildman–Crippen LogP) is 1.77. The molecule has 2 fully saturated rings. The fourth-order valence-electron chi connectivity index (χ4n) is 4.62. The van der Waals surface area contributed by atoms with Gasteiger partial charge < -0.3 is 9.42 Å². The summed E-state index contributed by atoms with van der Waals surface area (Å²) in [6, 6.07) is 2.42. The number of likely N-dealkylation sites (tertiary alicyclic amines) is 1. The van der Waals surface area contributed by atoms with E-state index in [1.54, 1.807) is 13.8 Å². The van der Waals surface area contributed by atoms with Gasteiger partial charge in [0.1, 0.15) is 11.6 Å². The molecule has 2 aliphatic rings. The lowest BCUT2D eigenvalue weighted by molar-refractivity contribution is 0.0768. The predicted molar refractivity (Wildman–Crippen MR) is 102 cm³/mol. The van der Waals surface area contributed by atoms with E-state index in [4.69, 9.17) is 4.52 Å². The molecule has 0 radical (unpaired) electrons. The van der Waals surface area contributed by atoms with Gasteiger partial charge in [-0.15, -0.1) is 0 Å². The van der Waals surface area contributed by atoms with Gasteiger partial charge in [0.05, 0.1) is 16.7 Å². The van der Waals surface area contributed by atoms with E-state index in [0.29, 0.717) is 24.6 Å². The van der Waals surface area contributed by atoms with E-state index in [2.05, 4.69) is 14.9 Å². The first kappa shape index (κ1) is 20.9. The third-order valence-corrected chi connectivity index (χ3v) is 7.45. The van der Waals surface area contributed by atoms with Gasteiger partial charge in [0.2, 0.25) is 15.9 Å². The van der Waals surface area contributed by atoms with Crippen LogP contribution in [0.3, 0.4) is 0 Å². The molecule has 11 heteroatoms. The number of carbonyl (C=O) groups excluding carboxylic acids is 1. The van der Waals surface area contributed by atoms with Gasteiger partial charge in [-0.3, -0.25) is 4.79 Å². The number of rotatable bonds is 5. The minimum Gasteiger partial charge on any atom is -0.339 e.